The summed E-state index contributed by atoms with van der Waals surface area (Å²) in [4.78, 5) is 0. The van der Waals surface area contributed by atoms with Crippen LogP contribution in [0, 0.1) is 5.41 Å². The molecule has 16 heavy (non-hydrogen) atoms. The van der Waals surface area contributed by atoms with E-state index in [1.54, 1.807) is 0 Å². The van der Waals surface area contributed by atoms with Crippen LogP contribution >= 0.6 is 11.6 Å². The van der Waals surface area contributed by atoms with Gasteiger partial charge in [-0.2, -0.15) is 0 Å². The molecular weight excluding hydrogens is 220 g/mol. The van der Waals surface area contributed by atoms with Gasteiger partial charge in [0, 0.05) is 16.9 Å². The van der Waals surface area contributed by atoms with E-state index in [0.29, 0.717) is 10.8 Å². The van der Waals surface area contributed by atoms with E-state index in [1.807, 2.05) is 6.92 Å². The molecule has 0 spiro atoms. The molecule has 3 saturated carbocycles. The lowest BCUT2D eigenvalue weighted by atomic mass is 9.34. The normalized spacial score (nSPS) is 35.1. The van der Waals surface area contributed by atoms with E-state index in [-0.39, 0.29) is 0 Å². The maximum Gasteiger partial charge on any atom is 0.123 e. The summed E-state index contributed by atoms with van der Waals surface area (Å²) in [5.41, 5.74) is 2.28. The summed E-state index contributed by atoms with van der Waals surface area (Å²) >= 11 is 6.00. The summed E-state index contributed by atoms with van der Waals surface area (Å²) in [5, 5.41) is 0. The lowest BCUT2D eigenvalue weighted by Crippen LogP contribution is -2.65. The van der Waals surface area contributed by atoms with Crippen LogP contribution in [-0.4, -0.2) is 12.5 Å². The summed E-state index contributed by atoms with van der Waals surface area (Å²) in [6, 6.07) is 8.48. The van der Waals surface area contributed by atoms with Gasteiger partial charge >= 0.3 is 0 Å². The lowest BCUT2D eigenvalue weighted by Gasteiger charge is -2.70. The highest BCUT2D eigenvalue weighted by atomic mass is 35.5. The van der Waals surface area contributed by atoms with Crippen LogP contribution in [0.1, 0.15) is 31.7 Å². The molecule has 0 amide bonds. The first kappa shape index (κ1) is 10.5. The van der Waals surface area contributed by atoms with E-state index in [0.717, 1.165) is 18.2 Å². The summed E-state index contributed by atoms with van der Waals surface area (Å²) in [5.74, 6) is 1.90. The third-order valence-corrected chi connectivity index (χ3v) is 4.75. The van der Waals surface area contributed by atoms with Gasteiger partial charge in [-0.25, -0.2) is 0 Å². The Morgan fingerprint density at radius 1 is 1.25 bits per heavy atom. The molecule has 2 heteroatoms. The molecule has 0 saturated heterocycles. The zero-order valence-electron chi connectivity index (χ0n) is 9.63. The Bertz CT molecular complexity index is 393. The number of hydrogen-bond acceptors (Lipinski definition) is 1. The summed E-state index contributed by atoms with van der Waals surface area (Å²) < 4.78 is 5.72. The van der Waals surface area contributed by atoms with E-state index >= 15 is 0 Å². The van der Waals surface area contributed by atoms with Gasteiger partial charge < -0.3 is 4.74 Å². The molecule has 0 aliphatic heterocycles. The Balaban J connectivity index is 1.86. The third kappa shape index (κ3) is 1.24. The van der Waals surface area contributed by atoms with Crippen molar-refractivity contribution in [1.29, 1.82) is 0 Å². The van der Waals surface area contributed by atoms with Crippen molar-refractivity contribution in [3.05, 3.63) is 29.8 Å². The van der Waals surface area contributed by atoms with Crippen molar-refractivity contribution in [2.24, 2.45) is 5.41 Å². The summed E-state index contributed by atoms with van der Waals surface area (Å²) in [6.07, 6.45) is 3.77. The van der Waals surface area contributed by atoms with Crippen molar-refractivity contribution in [3.8, 4) is 5.75 Å². The van der Waals surface area contributed by atoms with Gasteiger partial charge in [0.15, 0.2) is 0 Å². The Labute approximate surface area is 102 Å². The highest BCUT2D eigenvalue weighted by Crippen LogP contribution is 2.74. The highest BCUT2D eigenvalue weighted by molar-refractivity contribution is 6.18. The van der Waals surface area contributed by atoms with E-state index in [4.69, 9.17) is 16.3 Å². The number of hydrogen-bond donors (Lipinski definition) is 0. The minimum atomic E-state index is 0.403. The fourth-order valence-corrected chi connectivity index (χ4v) is 3.90. The van der Waals surface area contributed by atoms with Gasteiger partial charge in [0.05, 0.1) is 6.61 Å². The first-order valence-electron chi connectivity index (χ1n) is 6.02. The maximum atomic E-state index is 6.00. The topological polar surface area (TPSA) is 9.23 Å². The number of alkyl halides is 1. The molecule has 0 atom stereocenters. The number of ether oxygens (including phenoxy) is 1. The van der Waals surface area contributed by atoms with E-state index < -0.39 is 0 Å². The predicted molar refractivity (Wildman–Crippen MR) is 66.3 cm³/mol. The van der Waals surface area contributed by atoms with Gasteiger partial charge in [0.1, 0.15) is 5.75 Å². The van der Waals surface area contributed by atoms with Crippen molar-refractivity contribution >= 4 is 11.6 Å². The second-order valence-corrected chi connectivity index (χ2v) is 5.64. The SMILES string of the molecule is CCOc1ccccc1C12CC(CCl)(C1)C2. The zero-order chi connectivity index (χ0) is 11.2. The smallest absolute Gasteiger partial charge is 0.123 e. The van der Waals surface area contributed by atoms with Gasteiger partial charge in [-0.3, -0.25) is 0 Å². The van der Waals surface area contributed by atoms with E-state index in [9.17, 15) is 0 Å². The second kappa shape index (κ2) is 3.40. The largest absolute Gasteiger partial charge is 0.494 e. The van der Waals surface area contributed by atoms with Crippen LogP contribution in [0.4, 0.5) is 0 Å². The molecule has 1 aromatic carbocycles. The number of para-hydroxylation sites is 1. The molecular formula is C14H17ClO. The Morgan fingerprint density at radius 3 is 2.56 bits per heavy atom. The van der Waals surface area contributed by atoms with Crippen LogP contribution < -0.4 is 4.74 Å². The molecule has 0 N–H and O–H groups in total. The first-order chi connectivity index (χ1) is 7.74. The van der Waals surface area contributed by atoms with Gasteiger partial charge in [-0.1, -0.05) is 18.2 Å². The number of halogens is 1. The molecule has 1 nitrogen and oxygen atoms in total. The van der Waals surface area contributed by atoms with Gasteiger partial charge in [-0.05, 0) is 37.7 Å². The number of rotatable bonds is 4. The minimum Gasteiger partial charge on any atom is -0.494 e. The molecule has 4 rings (SSSR count). The molecule has 3 aliphatic rings. The molecule has 0 aromatic heterocycles. The van der Waals surface area contributed by atoms with Crippen LogP contribution in [0.3, 0.4) is 0 Å². The van der Waals surface area contributed by atoms with Crippen LogP contribution in [0.25, 0.3) is 0 Å². The van der Waals surface area contributed by atoms with E-state index in [1.165, 1.54) is 24.8 Å². The van der Waals surface area contributed by atoms with Crippen molar-refractivity contribution in [2.75, 3.05) is 12.5 Å². The van der Waals surface area contributed by atoms with Crippen LogP contribution in [0.5, 0.6) is 5.75 Å². The van der Waals surface area contributed by atoms with Crippen molar-refractivity contribution in [3.63, 3.8) is 0 Å². The summed E-state index contributed by atoms with van der Waals surface area (Å²) in [6.45, 7) is 2.78. The first-order valence-corrected chi connectivity index (χ1v) is 6.55. The fourth-order valence-electron chi connectivity index (χ4n) is 3.61. The van der Waals surface area contributed by atoms with Gasteiger partial charge in [0.25, 0.3) is 0 Å². The average Bonchev–Trinajstić information content (AvgIpc) is 2.18. The molecule has 1 aromatic rings. The van der Waals surface area contributed by atoms with Crippen molar-refractivity contribution in [2.45, 2.75) is 31.6 Å². The van der Waals surface area contributed by atoms with Crippen LogP contribution in [0.15, 0.2) is 24.3 Å². The molecule has 86 valence electrons. The standard InChI is InChI=1S/C14H17ClO/c1-2-16-12-6-4-3-5-11(12)14-7-13(8-14,9-14)10-15/h3-6H,2,7-10H2,1H3. The molecule has 0 radical (unpaired) electrons. The van der Waals surface area contributed by atoms with Crippen LogP contribution in [-0.2, 0) is 5.41 Å². The average molecular weight is 237 g/mol. The Hall–Kier alpha value is -0.690. The molecule has 0 heterocycles. The molecule has 2 bridgehead atoms. The maximum absolute atomic E-state index is 6.00. The minimum absolute atomic E-state index is 0.403. The third-order valence-electron chi connectivity index (χ3n) is 4.18. The zero-order valence-corrected chi connectivity index (χ0v) is 10.4. The lowest BCUT2D eigenvalue weighted by molar-refractivity contribution is -0.123. The Morgan fingerprint density at radius 2 is 1.94 bits per heavy atom. The van der Waals surface area contributed by atoms with Gasteiger partial charge in [0.2, 0.25) is 0 Å². The molecule has 0 unspecified atom stereocenters. The molecule has 3 aliphatic carbocycles. The molecule has 3 fully saturated rings. The Kier molecular flexibility index (Phi) is 2.22. The monoisotopic (exact) mass is 236 g/mol. The number of benzene rings is 1. The summed E-state index contributed by atoms with van der Waals surface area (Å²) in [7, 11) is 0. The van der Waals surface area contributed by atoms with Crippen LogP contribution in [0.2, 0.25) is 0 Å². The van der Waals surface area contributed by atoms with Gasteiger partial charge in [-0.15, -0.1) is 11.6 Å². The second-order valence-electron chi connectivity index (χ2n) is 5.37. The van der Waals surface area contributed by atoms with Crippen molar-refractivity contribution in [1.82, 2.24) is 0 Å². The van der Waals surface area contributed by atoms with Crippen molar-refractivity contribution < 1.29 is 4.74 Å². The highest BCUT2D eigenvalue weighted by Gasteiger charge is 2.68. The fraction of sp³-hybridized carbons (Fsp3) is 0.571. The van der Waals surface area contributed by atoms with E-state index in [2.05, 4.69) is 24.3 Å². The predicted octanol–water partition coefficient (Wildman–Crippen LogP) is 3.75. The quantitative estimate of drug-likeness (QED) is 0.724.